The number of carbonyl (C=O) groups is 3. The van der Waals surface area contributed by atoms with Crippen molar-refractivity contribution >= 4 is 18.0 Å². The summed E-state index contributed by atoms with van der Waals surface area (Å²) in [7, 11) is 1.27. The lowest BCUT2D eigenvalue weighted by Gasteiger charge is -2.32. The Labute approximate surface area is 148 Å². The van der Waals surface area contributed by atoms with E-state index in [9.17, 15) is 14.4 Å². The summed E-state index contributed by atoms with van der Waals surface area (Å²) in [5.41, 5.74) is -0.734. The molecule has 0 N–H and O–H groups in total. The van der Waals surface area contributed by atoms with Gasteiger partial charge in [0.05, 0.1) is 33.0 Å². The number of hydrogen-bond acceptors (Lipinski definition) is 7. The highest BCUT2D eigenvalue weighted by Gasteiger charge is 2.43. The summed E-state index contributed by atoms with van der Waals surface area (Å²) in [5.74, 6) is -1.70. The lowest BCUT2D eigenvalue weighted by atomic mass is 10.0. The third kappa shape index (κ3) is 6.89. The predicted octanol–water partition coefficient (Wildman–Crippen LogP) is 1.75. The van der Waals surface area contributed by atoms with Crippen molar-refractivity contribution in [2.75, 3.05) is 33.5 Å². The highest BCUT2D eigenvalue weighted by molar-refractivity contribution is 5.80. The number of amides is 1. The lowest BCUT2D eigenvalue weighted by molar-refractivity contribution is -0.150. The standard InChI is InChI=1S/C17H29NO7/c1-6-7-8-24-14(19)9-18(16(21)25-17(2,3)4)13-11-23-10-12(13)15(20)22-5/h12-13H,6-11H2,1-5H3/t12-,13+/m0/s1. The van der Waals surface area contributed by atoms with Gasteiger partial charge < -0.3 is 18.9 Å². The molecule has 0 aromatic rings. The van der Waals surface area contributed by atoms with E-state index in [0.29, 0.717) is 6.61 Å². The van der Waals surface area contributed by atoms with Crippen LogP contribution in [-0.4, -0.2) is 68.0 Å². The second-order valence-electron chi connectivity index (χ2n) is 6.92. The lowest BCUT2D eigenvalue weighted by Crippen LogP contribution is -2.50. The molecular formula is C17H29NO7. The van der Waals surface area contributed by atoms with Crippen LogP contribution in [0.1, 0.15) is 40.5 Å². The van der Waals surface area contributed by atoms with Crippen molar-refractivity contribution < 1.29 is 33.3 Å². The van der Waals surface area contributed by atoms with Crippen LogP contribution in [0.5, 0.6) is 0 Å². The van der Waals surface area contributed by atoms with E-state index >= 15 is 0 Å². The molecule has 1 amide bonds. The van der Waals surface area contributed by atoms with E-state index in [1.54, 1.807) is 20.8 Å². The summed E-state index contributed by atoms with van der Waals surface area (Å²) in [4.78, 5) is 37.8. The molecule has 1 aliphatic rings. The molecule has 1 aliphatic heterocycles. The second kappa shape index (κ2) is 9.60. The average molecular weight is 359 g/mol. The van der Waals surface area contributed by atoms with Crippen molar-refractivity contribution in [3.8, 4) is 0 Å². The van der Waals surface area contributed by atoms with Crippen LogP contribution >= 0.6 is 0 Å². The number of ether oxygens (including phenoxy) is 4. The van der Waals surface area contributed by atoms with E-state index in [0.717, 1.165) is 12.8 Å². The van der Waals surface area contributed by atoms with Gasteiger partial charge in [-0.2, -0.15) is 0 Å². The summed E-state index contributed by atoms with van der Waals surface area (Å²) < 4.78 is 20.6. The molecule has 25 heavy (non-hydrogen) atoms. The van der Waals surface area contributed by atoms with E-state index in [4.69, 9.17) is 18.9 Å². The molecule has 2 atom stereocenters. The Hall–Kier alpha value is -1.83. The molecule has 1 fully saturated rings. The first kappa shape index (κ1) is 21.2. The molecule has 1 heterocycles. The van der Waals surface area contributed by atoms with Crippen LogP contribution in [0.2, 0.25) is 0 Å². The van der Waals surface area contributed by atoms with Gasteiger partial charge in [0, 0.05) is 0 Å². The normalized spacial score (nSPS) is 20.0. The highest BCUT2D eigenvalue weighted by atomic mass is 16.6. The van der Waals surface area contributed by atoms with Crippen LogP contribution in [0.3, 0.4) is 0 Å². The van der Waals surface area contributed by atoms with E-state index in [1.807, 2.05) is 6.92 Å². The fourth-order valence-electron chi connectivity index (χ4n) is 2.38. The molecule has 8 heteroatoms. The van der Waals surface area contributed by atoms with Crippen LogP contribution < -0.4 is 0 Å². The smallest absolute Gasteiger partial charge is 0.411 e. The monoisotopic (exact) mass is 359 g/mol. The molecule has 0 unspecified atom stereocenters. The second-order valence-corrected chi connectivity index (χ2v) is 6.92. The number of carbonyl (C=O) groups excluding carboxylic acids is 3. The molecule has 0 aromatic carbocycles. The maximum Gasteiger partial charge on any atom is 0.411 e. The third-order valence-corrected chi connectivity index (χ3v) is 3.64. The van der Waals surface area contributed by atoms with Crippen molar-refractivity contribution in [2.24, 2.45) is 5.92 Å². The summed E-state index contributed by atoms with van der Waals surface area (Å²) in [6.07, 6.45) is 0.948. The van der Waals surface area contributed by atoms with E-state index < -0.39 is 35.6 Å². The van der Waals surface area contributed by atoms with Gasteiger partial charge in [0.1, 0.15) is 18.1 Å². The van der Waals surface area contributed by atoms with Crippen LogP contribution in [0.15, 0.2) is 0 Å². The van der Waals surface area contributed by atoms with Crippen molar-refractivity contribution in [1.82, 2.24) is 4.90 Å². The number of unbranched alkanes of at least 4 members (excludes halogenated alkanes) is 1. The molecule has 0 saturated carbocycles. The quantitative estimate of drug-likeness (QED) is 0.388. The Morgan fingerprint density at radius 2 is 1.88 bits per heavy atom. The van der Waals surface area contributed by atoms with E-state index in [1.165, 1.54) is 12.0 Å². The van der Waals surface area contributed by atoms with Gasteiger partial charge in [0.15, 0.2) is 0 Å². The van der Waals surface area contributed by atoms with Crippen LogP contribution in [0.25, 0.3) is 0 Å². The summed E-state index contributed by atoms with van der Waals surface area (Å²) in [5, 5.41) is 0. The van der Waals surface area contributed by atoms with Crippen molar-refractivity contribution in [1.29, 1.82) is 0 Å². The van der Waals surface area contributed by atoms with Crippen molar-refractivity contribution in [3.05, 3.63) is 0 Å². The molecule has 1 rings (SSSR count). The minimum absolute atomic E-state index is 0.126. The molecule has 0 aromatic heterocycles. The minimum Gasteiger partial charge on any atom is -0.469 e. The SMILES string of the molecule is CCCCOC(=O)CN(C(=O)OC(C)(C)C)[C@@H]1COC[C@@H]1C(=O)OC. The van der Waals surface area contributed by atoms with Crippen molar-refractivity contribution in [2.45, 2.75) is 52.2 Å². The summed E-state index contributed by atoms with van der Waals surface area (Å²) in [6, 6.07) is -0.638. The number of esters is 2. The van der Waals surface area contributed by atoms with Gasteiger partial charge in [-0.25, -0.2) is 4.79 Å². The van der Waals surface area contributed by atoms with Gasteiger partial charge in [-0.15, -0.1) is 0 Å². The Bertz CT molecular complexity index is 472. The fourth-order valence-corrected chi connectivity index (χ4v) is 2.38. The molecule has 0 bridgehead atoms. The molecule has 144 valence electrons. The van der Waals surface area contributed by atoms with Gasteiger partial charge in [0.25, 0.3) is 0 Å². The Kier molecular flexibility index (Phi) is 8.15. The maximum absolute atomic E-state index is 12.6. The first-order chi connectivity index (χ1) is 11.7. The minimum atomic E-state index is -0.734. The van der Waals surface area contributed by atoms with Crippen LogP contribution in [0.4, 0.5) is 4.79 Å². The van der Waals surface area contributed by atoms with Crippen LogP contribution in [0, 0.1) is 5.92 Å². The van der Waals surface area contributed by atoms with Crippen LogP contribution in [-0.2, 0) is 28.5 Å². The fraction of sp³-hybridized carbons (Fsp3) is 0.824. The Balaban J connectivity index is 2.88. The van der Waals surface area contributed by atoms with Crippen molar-refractivity contribution in [3.63, 3.8) is 0 Å². The first-order valence-electron chi connectivity index (χ1n) is 8.50. The number of rotatable bonds is 7. The molecule has 8 nitrogen and oxygen atoms in total. The Morgan fingerprint density at radius 1 is 1.20 bits per heavy atom. The molecule has 1 saturated heterocycles. The zero-order valence-corrected chi connectivity index (χ0v) is 15.7. The molecule has 0 spiro atoms. The Morgan fingerprint density at radius 3 is 2.44 bits per heavy atom. The number of nitrogens with zero attached hydrogens (tertiary/aromatic N) is 1. The number of methoxy groups -OCH3 is 1. The zero-order chi connectivity index (χ0) is 19.0. The summed E-state index contributed by atoms with van der Waals surface area (Å²) in [6.45, 7) is 7.41. The topological polar surface area (TPSA) is 91.4 Å². The van der Waals surface area contributed by atoms with Gasteiger partial charge >= 0.3 is 18.0 Å². The van der Waals surface area contributed by atoms with Gasteiger partial charge in [0.2, 0.25) is 0 Å². The first-order valence-corrected chi connectivity index (χ1v) is 8.50. The zero-order valence-electron chi connectivity index (χ0n) is 15.7. The summed E-state index contributed by atoms with van der Waals surface area (Å²) >= 11 is 0. The average Bonchev–Trinajstić information content (AvgIpc) is 2.99. The number of hydrogen-bond donors (Lipinski definition) is 0. The van der Waals surface area contributed by atoms with E-state index in [-0.39, 0.29) is 19.8 Å². The molecular weight excluding hydrogens is 330 g/mol. The van der Waals surface area contributed by atoms with Gasteiger partial charge in [-0.3, -0.25) is 14.5 Å². The molecule has 0 aliphatic carbocycles. The predicted molar refractivity (Wildman–Crippen MR) is 88.9 cm³/mol. The largest absolute Gasteiger partial charge is 0.469 e. The third-order valence-electron chi connectivity index (χ3n) is 3.64. The maximum atomic E-state index is 12.6. The highest BCUT2D eigenvalue weighted by Crippen LogP contribution is 2.23. The molecule has 0 radical (unpaired) electrons. The van der Waals surface area contributed by atoms with E-state index in [2.05, 4.69) is 0 Å². The van der Waals surface area contributed by atoms with Gasteiger partial charge in [-0.05, 0) is 27.2 Å². The van der Waals surface area contributed by atoms with Gasteiger partial charge in [-0.1, -0.05) is 13.3 Å².